The first-order valence-corrected chi connectivity index (χ1v) is 6.78. The molecule has 1 aromatic carbocycles. The Kier molecular flexibility index (Phi) is 4.74. The molecule has 0 amide bonds. The number of nitrogens with zero attached hydrogens (tertiary/aromatic N) is 1. The van der Waals surface area contributed by atoms with Gasteiger partial charge in [-0.05, 0) is 44.4 Å². The quantitative estimate of drug-likeness (QED) is 0.656. The van der Waals surface area contributed by atoms with E-state index in [1.165, 1.54) is 19.3 Å². The Morgan fingerprint density at radius 1 is 1.47 bits per heavy atom. The van der Waals surface area contributed by atoms with Crippen LogP contribution in [0.1, 0.15) is 31.2 Å². The number of nitrogens with one attached hydrogen (secondary N) is 1. The number of piperidine rings is 1. The van der Waals surface area contributed by atoms with Gasteiger partial charge in [-0.25, -0.2) is 0 Å². The number of nitro groups is 1. The zero-order valence-electron chi connectivity index (χ0n) is 11.2. The minimum Gasteiger partial charge on any atom is -0.487 e. The molecule has 2 rings (SSSR count). The van der Waals surface area contributed by atoms with Crippen LogP contribution in [0.15, 0.2) is 18.2 Å². The van der Waals surface area contributed by atoms with Gasteiger partial charge >= 0.3 is 5.69 Å². The maximum absolute atomic E-state index is 11.0. The molecule has 1 aliphatic heterocycles. The third-order valence-corrected chi connectivity index (χ3v) is 3.45. The molecule has 0 spiro atoms. The van der Waals surface area contributed by atoms with E-state index in [4.69, 9.17) is 4.74 Å². The molecule has 1 saturated heterocycles. The smallest absolute Gasteiger partial charge is 0.311 e. The Morgan fingerprint density at radius 2 is 2.32 bits per heavy atom. The largest absolute Gasteiger partial charge is 0.487 e. The molecule has 0 radical (unpaired) electrons. The van der Waals surface area contributed by atoms with Gasteiger partial charge in [-0.1, -0.05) is 12.5 Å². The van der Waals surface area contributed by atoms with E-state index in [1.54, 1.807) is 12.1 Å². The highest BCUT2D eigenvalue weighted by molar-refractivity contribution is 5.48. The lowest BCUT2D eigenvalue weighted by molar-refractivity contribution is -0.385. The summed E-state index contributed by atoms with van der Waals surface area (Å²) in [7, 11) is 0. The summed E-state index contributed by atoms with van der Waals surface area (Å²) >= 11 is 0. The van der Waals surface area contributed by atoms with Crippen molar-refractivity contribution in [3.8, 4) is 5.75 Å². The first kappa shape index (κ1) is 13.8. The third-order valence-electron chi connectivity index (χ3n) is 3.45. The molecule has 1 aliphatic rings. The number of rotatable bonds is 5. The van der Waals surface area contributed by atoms with Gasteiger partial charge in [0.15, 0.2) is 5.75 Å². The van der Waals surface area contributed by atoms with Crippen molar-refractivity contribution in [3.63, 3.8) is 0 Å². The van der Waals surface area contributed by atoms with E-state index in [1.807, 2.05) is 13.0 Å². The second-order valence-corrected chi connectivity index (χ2v) is 5.01. The fourth-order valence-corrected chi connectivity index (χ4v) is 2.37. The zero-order valence-corrected chi connectivity index (χ0v) is 11.2. The molecule has 0 bridgehead atoms. The lowest BCUT2D eigenvalue weighted by atomic mass is 10.0. The summed E-state index contributed by atoms with van der Waals surface area (Å²) < 4.78 is 5.57. The van der Waals surface area contributed by atoms with Gasteiger partial charge in [-0.3, -0.25) is 10.1 Å². The summed E-state index contributed by atoms with van der Waals surface area (Å²) in [6, 6.07) is 5.55. The van der Waals surface area contributed by atoms with Gasteiger partial charge in [-0.15, -0.1) is 0 Å². The van der Waals surface area contributed by atoms with E-state index >= 15 is 0 Å². The molecule has 104 valence electrons. The molecule has 1 atom stereocenters. The molecule has 5 heteroatoms. The maximum Gasteiger partial charge on any atom is 0.311 e. The molecular formula is C14H20N2O3. The minimum absolute atomic E-state index is 0.0524. The fraction of sp³-hybridized carbons (Fsp3) is 0.571. The van der Waals surface area contributed by atoms with E-state index in [-0.39, 0.29) is 10.6 Å². The van der Waals surface area contributed by atoms with E-state index in [9.17, 15) is 10.1 Å². The second kappa shape index (κ2) is 6.52. The topological polar surface area (TPSA) is 64.4 Å². The van der Waals surface area contributed by atoms with E-state index in [0.29, 0.717) is 18.4 Å². The third kappa shape index (κ3) is 3.92. The van der Waals surface area contributed by atoms with Crippen LogP contribution in [-0.2, 0) is 0 Å². The minimum atomic E-state index is -0.388. The van der Waals surface area contributed by atoms with Crippen LogP contribution in [0.4, 0.5) is 5.69 Å². The van der Waals surface area contributed by atoms with Gasteiger partial charge in [0.25, 0.3) is 0 Å². The molecule has 0 unspecified atom stereocenters. The van der Waals surface area contributed by atoms with Gasteiger partial charge in [0.2, 0.25) is 0 Å². The van der Waals surface area contributed by atoms with Gasteiger partial charge in [0, 0.05) is 12.1 Å². The van der Waals surface area contributed by atoms with Crippen molar-refractivity contribution in [2.45, 2.75) is 38.6 Å². The van der Waals surface area contributed by atoms with Crippen LogP contribution >= 0.6 is 0 Å². The van der Waals surface area contributed by atoms with Crippen molar-refractivity contribution >= 4 is 5.69 Å². The van der Waals surface area contributed by atoms with Crippen LogP contribution in [0.5, 0.6) is 5.75 Å². The fourth-order valence-electron chi connectivity index (χ4n) is 2.37. The van der Waals surface area contributed by atoms with E-state index in [2.05, 4.69) is 5.32 Å². The standard InChI is InChI=1S/C14H20N2O3/c1-11-5-6-14(13(10-11)16(17)18)19-9-7-12-4-2-3-8-15-12/h5-6,10,12,15H,2-4,7-9H2,1H3/t12-/m1/s1. The average molecular weight is 264 g/mol. The highest BCUT2D eigenvalue weighted by atomic mass is 16.6. The molecule has 1 heterocycles. The van der Waals surface area contributed by atoms with Crippen molar-refractivity contribution in [1.29, 1.82) is 0 Å². The zero-order chi connectivity index (χ0) is 13.7. The monoisotopic (exact) mass is 264 g/mol. The molecule has 1 aromatic rings. The number of hydrogen-bond donors (Lipinski definition) is 1. The summed E-state index contributed by atoms with van der Waals surface area (Å²) in [5, 5.41) is 14.4. The van der Waals surface area contributed by atoms with Crippen molar-refractivity contribution in [2.24, 2.45) is 0 Å². The van der Waals surface area contributed by atoms with Crippen molar-refractivity contribution in [1.82, 2.24) is 5.32 Å². The Balaban J connectivity index is 1.89. The average Bonchev–Trinajstić information content (AvgIpc) is 2.41. The molecule has 1 fully saturated rings. The van der Waals surface area contributed by atoms with Crippen LogP contribution in [-0.4, -0.2) is 24.1 Å². The Bertz CT molecular complexity index is 442. The van der Waals surface area contributed by atoms with Crippen LogP contribution in [0, 0.1) is 17.0 Å². The number of nitro benzene ring substituents is 1. The van der Waals surface area contributed by atoms with Gasteiger partial charge < -0.3 is 10.1 Å². The van der Waals surface area contributed by atoms with Gasteiger partial charge in [-0.2, -0.15) is 0 Å². The predicted molar refractivity (Wildman–Crippen MR) is 73.6 cm³/mol. The lowest BCUT2D eigenvalue weighted by Gasteiger charge is -2.23. The van der Waals surface area contributed by atoms with Crippen molar-refractivity contribution < 1.29 is 9.66 Å². The second-order valence-electron chi connectivity index (χ2n) is 5.01. The van der Waals surface area contributed by atoms with E-state index in [0.717, 1.165) is 18.5 Å². The summed E-state index contributed by atoms with van der Waals surface area (Å²) in [5.74, 6) is 0.367. The molecule has 1 N–H and O–H groups in total. The first-order chi connectivity index (χ1) is 9.16. The molecule has 0 aliphatic carbocycles. The van der Waals surface area contributed by atoms with Crippen molar-refractivity contribution in [3.05, 3.63) is 33.9 Å². The SMILES string of the molecule is Cc1ccc(OCC[C@H]2CCCCN2)c([N+](=O)[O-])c1. The van der Waals surface area contributed by atoms with Crippen LogP contribution in [0.3, 0.4) is 0 Å². The number of benzene rings is 1. The Hall–Kier alpha value is -1.62. The lowest BCUT2D eigenvalue weighted by Crippen LogP contribution is -2.35. The van der Waals surface area contributed by atoms with Gasteiger partial charge in [0.1, 0.15) is 0 Å². The predicted octanol–water partition coefficient (Wildman–Crippen LogP) is 2.81. The van der Waals surface area contributed by atoms with Crippen LogP contribution < -0.4 is 10.1 Å². The summed E-state index contributed by atoms with van der Waals surface area (Å²) in [4.78, 5) is 10.6. The van der Waals surface area contributed by atoms with Crippen LogP contribution in [0.2, 0.25) is 0 Å². The maximum atomic E-state index is 11.0. The normalized spacial score (nSPS) is 19.1. The van der Waals surface area contributed by atoms with E-state index < -0.39 is 0 Å². The molecule has 0 saturated carbocycles. The van der Waals surface area contributed by atoms with Crippen LogP contribution in [0.25, 0.3) is 0 Å². The number of hydrogen-bond acceptors (Lipinski definition) is 4. The summed E-state index contributed by atoms with van der Waals surface area (Å²) in [6.07, 6.45) is 4.55. The Morgan fingerprint density at radius 3 is 3.00 bits per heavy atom. The molecule has 0 aromatic heterocycles. The summed E-state index contributed by atoms with van der Waals surface area (Å²) in [6.45, 7) is 3.42. The highest BCUT2D eigenvalue weighted by Crippen LogP contribution is 2.28. The van der Waals surface area contributed by atoms with Gasteiger partial charge in [0.05, 0.1) is 11.5 Å². The van der Waals surface area contributed by atoms with Crippen molar-refractivity contribution in [2.75, 3.05) is 13.2 Å². The molecule has 5 nitrogen and oxygen atoms in total. The molecule has 19 heavy (non-hydrogen) atoms. The number of ether oxygens (including phenoxy) is 1. The Labute approximate surface area is 113 Å². The summed E-state index contributed by atoms with van der Waals surface area (Å²) in [5.41, 5.74) is 0.921. The first-order valence-electron chi connectivity index (χ1n) is 6.78. The molecular weight excluding hydrogens is 244 g/mol. The highest BCUT2D eigenvalue weighted by Gasteiger charge is 2.16. The number of aryl methyl sites for hydroxylation is 1.